The highest BCUT2D eigenvalue weighted by atomic mass is 35.5. The van der Waals surface area contributed by atoms with Crippen LogP contribution in [0.2, 0.25) is 10.0 Å². The molecule has 0 saturated carbocycles. The summed E-state index contributed by atoms with van der Waals surface area (Å²) in [5, 5.41) is 10.0. The van der Waals surface area contributed by atoms with Crippen molar-refractivity contribution in [1.82, 2.24) is 4.90 Å². The van der Waals surface area contributed by atoms with Gasteiger partial charge in [0.2, 0.25) is 0 Å². The first-order valence-corrected chi connectivity index (χ1v) is 7.05. The van der Waals surface area contributed by atoms with E-state index in [0.717, 1.165) is 12.0 Å². The van der Waals surface area contributed by atoms with Gasteiger partial charge in [-0.05, 0) is 31.9 Å². The van der Waals surface area contributed by atoms with Crippen LogP contribution in [0.25, 0.3) is 0 Å². The van der Waals surface area contributed by atoms with Gasteiger partial charge in [-0.3, -0.25) is 9.69 Å². The number of nitrogens with zero attached hydrogens (tertiary/aromatic N) is 1. The van der Waals surface area contributed by atoms with Crippen molar-refractivity contribution < 1.29 is 9.90 Å². The minimum atomic E-state index is -0.842. The maximum atomic E-state index is 11.0. The summed E-state index contributed by atoms with van der Waals surface area (Å²) >= 11 is 12.2. The molecule has 3 nitrogen and oxygen atoms in total. The zero-order chi connectivity index (χ0) is 14.6. The van der Waals surface area contributed by atoms with Crippen molar-refractivity contribution in [3.8, 4) is 0 Å². The second-order valence-electron chi connectivity index (χ2n) is 4.64. The van der Waals surface area contributed by atoms with Crippen LogP contribution >= 0.6 is 23.2 Å². The standard InChI is InChI=1S/C14H19Cl2NO2/c1-4-9(2)17(8-13(18)19)10(3)11-6-5-7-12(15)14(11)16/h5-7,9-10H,4,8H2,1-3H3,(H,18,19). The molecule has 19 heavy (non-hydrogen) atoms. The number of hydrogen-bond acceptors (Lipinski definition) is 2. The van der Waals surface area contributed by atoms with Crippen molar-refractivity contribution in [2.24, 2.45) is 0 Å². The van der Waals surface area contributed by atoms with Crippen molar-refractivity contribution >= 4 is 29.2 Å². The molecule has 1 aromatic rings. The molecular weight excluding hydrogens is 285 g/mol. The van der Waals surface area contributed by atoms with E-state index in [1.807, 2.05) is 37.8 Å². The lowest BCUT2D eigenvalue weighted by atomic mass is 10.0. The average Bonchev–Trinajstić information content (AvgIpc) is 2.37. The molecule has 0 radical (unpaired) electrons. The van der Waals surface area contributed by atoms with Crippen LogP contribution in [-0.2, 0) is 4.79 Å². The van der Waals surface area contributed by atoms with Gasteiger partial charge in [-0.1, -0.05) is 42.3 Å². The fraction of sp³-hybridized carbons (Fsp3) is 0.500. The first-order chi connectivity index (χ1) is 8.88. The first-order valence-electron chi connectivity index (χ1n) is 6.29. The average molecular weight is 304 g/mol. The van der Waals surface area contributed by atoms with Gasteiger partial charge in [0.1, 0.15) is 0 Å². The highest BCUT2D eigenvalue weighted by Crippen LogP contribution is 2.33. The molecule has 0 aromatic heterocycles. The van der Waals surface area contributed by atoms with Gasteiger partial charge in [0.15, 0.2) is 0 Å². The Morgan fingerprint density at radius 1 is 1.37 bits per heavy atom. The van der Waals surface area contributed by atoms with E-state index >= 15 is 0 Å². The molecule has 106 valence electrons. The Bertz CT molecular complexity index is 451. The molecule has 0 amide bonds. The molecule has 1 rings (SSSR count). The van der Waals surface area contributed by atoms with E-state index in [-0.39, 0.29) is 18.6 Å². The summed E-state index contributed by atoms with van der Waals surface area (Å²) < 4.78 is 0. The van der Waals surface area contributed by atoms with Gasteiger partial charge >= 0.3 is 5.97 Å². The summed E-state index contributed by atoms with van der Waals surface area (Å²) in [6.07, 6.45) is 0.871. The van der Waals surface area contributed by atoms with Gasteiger partial charge in [-0.15, -0.1) is 0 Å². The molecule has 0 aliphatic heterocycles. The Hall–Kier alpha value is -0.770. The predicted molar refractivity (Wildman–Crippen MR) is 79.0 cm³/mol. The lowest BCUT2D eigenvalue weighted by Crippen LogP contribution is -2.39. The van der Waals surface area contributed by atoms with E-state index in [1.165, 1.54) is 0 Å². The molecule has 0 fully saturated rings. The normalized spacial score (nSPS) is 14.4. The number of aliphatic carboxylic acids is 1. The second-order valence-corrected chi connectivity index (χ2v) is 5.43. The highest BCUT2D eigenvalue weighted by molar-refractivity contribution is 6.42. The van der Waals surface area contributed by atoms with E-state index in [2.05, 4.69) is 0 Å². The molecule has 1 aromatic carbocycles. The lowest BCUT2D eigenvalue weighted by molar-refractivity contribution is -0.139. The summed E-state index contributed by atoms with van der Waals surface area (Å²) in [6, 6.07) is 5.50. The number of hydrogen-bond donors (Lipinski definition) is 1. The molecular formula is C14H19Cl2NO2. The summed E-state index contributed by atoms with van der Waals surface area (Å²) in [5.74, 6) is -0.842. The minimum Gasteiger partial charge on any atom is -0.480 e. The maximum absolute atomic E-state index is 11.0. The highest BCUT2D eigenvalue weighted by Gasteiger charge is 2.24. The SMILES string of the molecule is CCC(C)N(CC(=O)O)C(C)c1cccc(Cl)c1Cl. The van der Waals surface area contributed by atoms with Crippen LogP contribution in [0.4, 0.5) is 0 Å². The monoisotopic (exact) mass is 303 g/mol. The smallest absolute Gasteiger partial charge is 0.317 e. The Morgan fingerprint density at radius 2 is 2.00 bits per heavy atom. The fourth-order valence-corrected chi connectivity index (χ4v) is 2.55. The number of benzene rings is 1. The Labute approximate surface area is 124 Å². The van der Waals surface area contributed by atoms with Crippen LogP contribution in [0.5, 0.6) is 0 Å². The summed E-state index contributed by atoms with van der Waals surface area (Å²) in [4.78, 5) is 12.9. The summed E-state index contributed by atoms with van der Waals surface area (Å²) in [7, 11) is 0. The van der Waals surface area contributed by atoms with Crippen molar-refractivity contribution in [2.75, 3.05) is 6.54 Å². The zero-order valence-corrected chi connectivity index (χ0v) is 12.9. The van der Waals surface area contributed by atoms with Gasteiger partial charge in [-0.25, -0.2) is 0 Å². The molecule has 2 atom stereocenters. The number of carboxylic acid groups (broad SMARTS) is 1. The van der Waals surface area contributed by atoms with E-state index in [9.17, 15) is 4.79 Å². The molecule has 0 bridgehead atoms. The Balaban J connectivity index is 3.07. The van der Waals surface area contributed by atoms with Gasteiger partial charge in [0, 0.05) is 12.1 Å². The topological polar surface area (TPSA) is 40.5 Å². The van der Waals surface area contributed by atoms with Gasteiger partial charge < -0.3 is 5.11 Å². The van der Waals surface area contributed by atoms with Crippen LogP contribution in [0, 0.1) is 0 Å². The van der Waals surface area contributed by atoms with Crippen molar-refractivity contribution in [3.63, 3.8) is 0 Å². The molecule has 0 saturated heterocycles. The van der Waals surface area contributed by atoms with Gasteiger partial charge in [-0.2, -0.15) is 0 Å². The molecule has 1 N–H and O–H groups in total. The molecule has 0 spiro atoms. The third-order valence-electron chi connectivity index (χ3n) is 3.40. The van der Waals surface area contributed by atoms with Crippen LogP contribution in [-0.4, -0.2) is 28.6 Å². The first kappa shape index (κ1) is 16.3. The van der Waals surface area contributed by atoms with E-state index in [1.54, 1.807) is 6.07 Å². The zero-order valence-electron chi connectivity index (χ0n) is 11.4. The number of rotatable bonds is 6. The molecule has 2 unspecified atom stereocenters. The van der Waals surface area contributed by atoms with E-state index < -0.39 is 5.97 Å². The molecule has 0 aliphatic rings. The van der Waals surface area contributed by atoms with Crippen LogP contribution < -0.4 is 0 Å². The van der Waals surface area contributed by atoms with Gasteiger partial charge in [0.05, 0.1) is 16.6 Å². The summed E-state index contributed by atoms with van der Waals surface area (Å²) in [5.41, 5.74) is 0.857. The van der Waals surface area contributed by atoms with Crippen molar-refractivity contribution in [3.05, 3.63) is 33.8 Å². The van der Waals surface area contributed by atoms with Crippen LogP contribution in [0.1, 0.15) is 38.8 Å². The van der Waals surface area contributed by atoms with Gasteiger partial charge in [0.25, 0.3) is 0 Å². The third-order valence-corrected chi connectivity index (χ3v) is 4.24. The third kappa shape index (κ3) is 4.10. The lowest BCUT2D eigenvalue weighted by Gasteiger charge is -2.33. The number of carboxylic acids is 1. The summed E-state index contributed by atoms with van der Waals surface area (Å²) in [6.45, 7) is 5.98. The molecule has 0 aliphatic carbocycles. The minimum absolute atomic E-state index is 0.0149. The molecule has 0 heterocycles. The molecule has 5 heteroatoms. The fourth-order valence-electron chi connectivity index (χ4n) is 2.09. The van der Waals surface area contributed by atoms with E-state index in [0.29, 0.717) is 10.0 Å². The van der Waals surface area contributed by atoms with E-state index in [4.69, 9.17) is 28.3 Å². The van der Waals surface area contributed by atoms with Crippen LogP contribution in [0.3, 0.4) is 0 Å². The second kappa shape index (κ2) is 7.13. The maximum Gasteiger partial charge on any atom is 0.317 e. The Kier molecular flexibility index (Phi) is 6.11. The quantitative estimate of drug-likeness (QED) is 0.854. The van der Waals surface area contributed by atoms with Crippen molar-refractivity contribution in [2.45, 2.75) is 39.3 Å². The number of halogens is 2. The largest absolute Gasteiger partial charge is 0.480 e. The Morgan fingerprint density at radius 3 is 2.53 bits per heavy atom. The van der Waals surface area contributed by atoms with Crippen LogP contribution in [0.15, 0.2) is 18.2 Å². The van der Waals surface area contributed by atoms with Crippen molar-refractivity contribution in [1.29, 1.82) is 0 Å². The number of carbonyl (C=O) groups is 1. The predicted octanol–water partition coefficient (Wildman–Crippen LogP) is 4.24.